The highest BCUT2D eigenvalue weighted by Crippen LogP contribution is 2.23. The lowest BCUT2D eigenvalue weighted by Gasteiger charge is -2.23. The molecule has 0 radical (unpaired) electrons. The van der Waals surface area contributed by atoms with Crippen LogP contribution in [0.15, 0.2) is 40.2 Å². The lowest BCUT2D eigenvalue weighted by Crippen LogP contribution is -2.38. The Kier molecular flexibility index (Phi) is 6.48. The van der Waals surface area contributed by atoms with Gasteiger partial charge in [-0.1, -0.05) is 52.0 Å². The first kappa shape index (κ1) is 22.5. The summed E-state index contributed by atoms with van der Waals surface area (Å²) >= 11 is 0. The van der Waals surface area contributed by atoms with Gasteiger partial charge in [-0.15, -0.1) is 0 Å². The molecule has 1 N–H and O–H groups in total. The lowest BCUT2D eigenvalue weighted by molar-refractivity contribution is -0.122. The van der Waals surface area contributed by atoms with Gasteiger partial charge >= 0.3 is 5.69 Å². The second kappa shape index (κ2) is 8.91. The molecule has 0 aliphatic heterocycles. The predicted molar refractivity (Wildman–Crippen MR) is 121 cm³/mol. The monoisotopic (exact) mass is 425 g/mol. The fourth-order valence-corrected chi connectivity index (χ4v) is 3.86. The maximum Gasteiger partial charge on any atom is 0.332 e. The maximum atomic E-state index is 12.9. The van der Waals surface area contributed by atoms with Crippen LogP contribution in [0.3, 0.4) is 0 Å². The van der Waals surface area contributed by atoms with E-state index in [2.05, 4.69) is 62.3 Å². The van der Waals surface area contributed by atoms with E-state index in [-0.39, 0.29) is 35.6 Å². The van der Waals surface area contributed by atoms with Crippen molar-refractivity contribution in [3.05, 3.63) is 62.6 Å². The summed E-state index contributed by atoms with van der Waals surface area (Å²) in [4.78, 5) is 41.7. The molecule has 0 aliphatic rings. The van der Waals surface area contributed by atoms with E-state index in [1.165, 1.54) is 28.1 Å². The van der Waals surface area contributed by atoms with Crippen molar-refractivity contribution < 1.29 is 4.79 Å². The Morgan fingerprint density at radius 3 is 2.26 bits per heavy atom. The van der Waals surface area contributed by atoms with Gasteiger partial charge in [0.05, 0.1) is 12.4 Å². The van der Waals surface area contributed by atoms with E-state index < -0.39 is 11.2 Å². The van der Waals surface area contributed by atoms with Gasteiger partial charge in [0.15, 0.2) is 11.2 Å². The Bertz CT molecular complexity index is 1200. The number of amides is 1. The van der Waals surface area contributed by atoms with E-state index in [4.69, 9.17) is 0 Å². The summed E-state index contributed by atoms with van der Waals surface area (Å²) in [5.74, 6) is 0.553. The van der Waals surface area contributed by atoms with Gasteiger partial charge in [-0.3, -0.25) is 18.7 Å². The molecule has 2 heterocycles. The van der Waals surface area contributed by atoms with Crippen molar-refractivity contribution in [2.24, 2.45) is 25.9 Å². The molecule has 8 heteroatoms. The van der Waals surface area contributed by atoms with Gasteiger partial charge in [-0.2, -0.15) is 0 Å². The molecule has 0 bridgehead atoms. The van der Waals surface area contributed by atoms with Crippen molar-refractivity contribution in [3.63, 3.8) is 0 Å². The molecule has 8 nitrogen and oxygen atoms in total. The number of hydrogen-bond donors (Lipinski definition) is 1. The minimum Gasteiger partial charge on any atom is -0.347 e. The fraction of sp³-hybridized carbons (Fsp3) is 0.478. The van der Waals surface area contributed by atoms with Crippen LogP contribution in [0.2, 0.25) is 0 Å². The summed E-state index contributed by atoms with van der Waals surface area (Å²) in [6, 6.07) is 8.22. The molecule has 3 aromatic rings. The van der Waals surface area contributed by atoms with Crippen molar-refractivity contribution >= 4 is 17.1 Å². The fourth-order valence-electron chi connectivity index (χ4n) is 3.86. The standard InChI is InChI=1S/C23H31N5O3/c1-14(2)11-16-7-9-17(10-8-16)19(15(3)4)25-18(29)12-28-13-24-21-20(28)22(30)27(6)23(31)26(21)5/h7-10,13-15,19H,11-12H2,1-6H3,(H,25,29). The van der Waals surface area contributed by atoms with Gasteiger partial charge in [-0.25, -0.2) is 9.78 Å². The van der Waals surface area contributed by atoms with Crippen molar-refractivity contribution in [1.82, 2.24) is 24.0 Å². The molecular weight excluding hydrogens is 394 g/mol. The lowest BCUT2D eigenvalue weighted by atomic mass is 9.93. The molecular formula is C23H31N5O3. The van der Waals surface area contributed by atoms with E-state index >= 15 is 0 Å². The maximum absolute atomic E-state index is 12.9. The third kappa shape index (κ3) is 4.62. The van der Waals surface area contributed by atoms with Crippen molar-refractivity contribution in [2.45, 2.75) is 46.7 Å². The van der Waals surface area contributed by atoms with Gasteiger partial charge in [0.2, 0.25) is 5.91 Å². The summed E-state index contributed by atoms with van der Waals surface area (Å²) < 4.78 is 3.82. The van der Waals surface area contributed by atoms with E-state index in [9.17, 15) is 14.4 Å². The first-order chi connectivity index (χ1) is 14.6. The Balaban J connectivity index is 1.83. The molecule has 1 atom stereocenters. The zero-order valence-electron chi connectivity index (χ0n) is 19.0. The predicted octanol–water partition coefficient (Wildman–Crippen LogP) is 2.15. The molecule has 0 saturated carbocycles. The topological polar surface area (TPSA) is 90.9 Å². The average molecular weight is 426 g/mol. The average Bonchev–Trinajstić information content (AvgIpc) is 3.12. The van der Waals surface area contributed by atoms with Crippen LogP contribution in [0.4, 0.5) is 0 Å². The number of aryl methyl sites for hydroxylation is 1. The number of nitrogens with zero attached hydrogens (tertiary/aromatic N) is 4. The van der Waals surface area contributed by atoms with E-state index in [1.54, 1.807) is 7.05 Å². The van der Waals surface area contributed by atoms with Gasteiger partial charge in [0.1, 0.15) is 6.54 Å². The number of nitrogens with one attached hydrogen (secondary N) is 1. The summed E-state index contributed by atoms with van der Waals surface area (Å²) in [6.07, 6.45) is 2.44. The number of fused-ring (bicyclic) bond motifs is 1. The third-order valence-corrected chi connectivity index (χ3v) is 5.50. The number of carbonyl (C=O) groups excluding carboxylic acids is 1. The highest BCUT2D eigenvalue weighted by Gasteiger charge is 2.20. The van der Waals surface area contributed by atoms with Crippen molar-refractivity contribution in [3.8, 4) is 0 Å². The van der Waals surface area contributed by atoms with E-state index in [1.807, 2.05) is 0 Å². The van der Waals surface area contributed by atoms with Crippen LogP contribution in [-0.4, -0.2) is 24.6 Å². The molecule has 0 spiro atoms. The third-order valence-electron chi connectivity index (χ3n) is 5.50. The molecule has 1 aromatic carbocycles. The molecule has 1 unspecified atom stereocenters. The summed E-state index contributed by atoms with van der Waals surface area (Å²) in [7, 11) is 2.97. The second-order valence-electron chi connectivity index (χ2n) is 8.88. The largest absolute Gasteiger partial charge is 0.347 e. The smallest absolute Gasteiger partial charge is 0.332 e. The van der Waals surface area contributed by atoms with Crippen LogP contribution in [-0.2, 0) is 31.9 Å². The van der Waals surface area contributed by atoms with Gasteiger partial charge in [0, 0.05) is 14.1 Å². The molecule has 31 heavy (non-hydrogen) atoms. The number of rotatable bonds is 7. The Hall–Kier alpha value is -3.16. The van der Waals surface area contributed by atoms with Gasteiger partial charge in [-0.05, 0) is 29.4 Å². The summed E-state index contributed by atoms with van der Waals surface area (Å²) in [5.41, 5.74) is 1.90. The molecule has 0 saturated heterocycles. The number of hydrogen-bond acceptors (Lipinski definition) is 4. The van der Waals surface area contributed by atoms with Crippen molar-refractivity contribution in [1.29, 1.82) is 0 Å². The van der Waals surface area contributed by atoms with E-state index in [0.29, 0.717) is 5.92 Å². The van der Waals surface area contributed by atoms with Crippen LogP contribution in [0.1, 0.15) is 44.9 Å². The van der Waals surface area contributed by atoms with Crippen LogP contribution < -0.4 is 16.6 Å². The summed E-state index contributed by atoms with van der Waals surface area (Å²) in [6.45, 7) is 8.45. The zero-order valence-corrected chi connectivity index (χ0v) is 19.0. The van der Waals surface area contributed by atoms with Gasteiger partial charge < -0.3 is 9.88 Å². The Labute approximate surface area is 181 Å². The van der Waals surface area contributed by atoms with E-state index in [0.717, 1.165) is 16.6 Å². The molecule has 0 aliphatic carbocycles. The molecule has 3 rings (SSSR count). The summed E-state index contributed by atoms with van der Waals surface area (Å²) in [5, 5.41) is 3.09. The number of carbonyl (C=O) groups is 1. The highest BCUT2D eigenvalue weighted by molar-refractivity contribution is 5.79. The number of imidazole rings is 1. The normalized spacial score (nSPS) is 12.6. The Morgan fingerprint density at radius 1 is 1.03 bits per heavy atom. The van der Waals surface area contributed by atoms with Crippen LogP contribution in [0.5, 0.6) is 0 Å². The first-order valence-electron chi connectivity index (χ1n) is 10.6. The van der Waals surface area contributed by atoms with Crippen LogP contribution >= 0.6 is 0 Å². The first-order valence-corrected chi connectivity index (χ1v) is 10.6. The minimum absolute atomic E-state index is 0.0569. The molecule has 1 amide bonds. The van der Waals surface area contributed by atoms with Crippen molar-refractivity contribution in [2.75, 3.05) is 0 Å². The quantitative estimate of drug-likeness (QED) is 0.628. The highest BCUT2D eigenvalue weighted by atomic mass is 16.2. The molecule has 0 fully saturated rings. The van der Waals surface area contributed by atoms with Gasteiger partial charge in [0.25, 0.3) is 5.56 Å². The zero-order chi connectivity index (χ0) is 22.9. The van der Waals surface area contributed by atoms with Crippen LogP contribution in [0.25, 0.3) is 11.2 Å². The SMILES string of the molecule is CC(C)Cc1ccc(C(NC(=O)Cn2cnc3c2c(=O)n(C)c(=O)n3C)C(C)C)cc1. The minimum atomic E-state index is -0.468. The van der Waals surface area contributed by atoms with Crippen LogP contribution in [0, 0.1) is 11.8 Å². The number of benzene rings is 1. The molecule has 2 aromatic heterocycles. The second-order valence-corrected chi connectivity index (χ2v) is 8.88. The Morgan fingerprint density at radius 2 is 1.68 bits per heavy atom. The number of aromatic nitrogens is 4. The molecule has 166 valence electrons.